The Hall–Kier alpha value is -0.410. The first-order valence-electron chi connectivity index (χ1n) is 6.55. The predicted molar refractivity (Wildman–Crippen MR) is 63.4 cm³/mol. The van der Waals surface area contributed by atoms with E-state index in [4.69, 9.17) is 4.74 Å². The minimum atomic E-state index is 0.293. The Balaban J connectivity index is 1.89. The van der Waals surface area contributed by atoms with Crippen LogP contribution < -0.4 is 0 Å². The molecule has 1 aliphatic carbocycles. The maximum absolute atomic E-state index is 11.8. The SMILES string of the molecule is CC1CN(CC2CCCCC2=O)C(C)CO1. The smallest absolute Gasteiger partial charge is 0.137 e. The first-order valence-corrected chi connectivity index (χ1v) is 6.55. The minimum Gasteiger partial charge on any atom is -0.376 e. The second kappa shape index (κ2) is 5.28. The molecule has 0 aromatic rings. The average Bonchev–Trinajstić information content (AvgIpc) is 2.27. The molecule has 0 bridgehead atoms. The molecule has 2 rings (SSSR count). The highest BCUT2D eigenvalue weighted by Gasteiger charge is 2.29. The molecular formula is C13H23NO2. The molecule has 0 spiro atoms. The van der Waals surface area contributed by atoms with Crippen LogP contribution in [0.5, 0.6) is 0 Å². The van der Waals surface area contributed by atoms with Gasteiger partial charge in [0, 0.05) is 31.5 Å². The van der Waals surface area contributed by atoms with Crippen molar-refractivity contribution in [3.63, 3.8) is 0 Å². The molecule has 1 heterocycles. The highest BCUT2D eigenvalue weighted by atomic mass is 16.5. The molecular weight excluding hydrogens is 202 g/mol. The molecule has 3 nitrogen and oxygen atoms in total. The molecule has 2 aliphatic rings. The third-order valence-electron chi connectivity index (χ3n) is 3.87. The maximum atomic E-state index is 11.8. The van der Waals surface area contributed by atoms with Crippen molar-refractivity contribution >= 4 is 5.78 Å². The molecule has 0 amide bonds. The number of ether oxygens (including phenoxy) is 1. The fourth-order valence-corrected chi connectivity index (χ4v) is 2.76. The third kappa shape index (κ3) is 2.83. The summed E-state index contributed by atoms with van der Waals surface area (Å²) in [5.41, 5.74) is 0. The molecule has 16 heavy (non-hydrogen) atoms. The Morgan fingerprint density at radius 1 is 1.38 bits per heavy atom. The van der Waals surface area contributed by atoms with Gasteiger partial charge in [0.25, 0.3) is 0 Å². The van der Waals surface area contributed by atoms with E-state index in [2.05, 4.69) is 18.7 Å². The van der Waals surface area contributed by atoms with Crippen molar-refractivity contribution in [1.29, 1.82) is 0 Å². The van der Waals surface area contributed by atoms with Crippen LogP contribution in [0.15, 0.2) is 0 Å². The minimum absolute atomic E-state index is 0.293. The van der Waals surface area contributed by atoms with E-state index in [0.717, 1.165) is 39.0 Å². The standard InChI is InChI=1S/C13H23NO2/c1-10-9-16-11(2)7-14(10)8-12-5-3-4-6-13(12)15/h10-12H,3-9H2,1-2H3. The van der Waals surface area contributed by atoms with Crippen LogP contribution in [-0.2, 0) is 9.53 Å². The van der Waals surface area contributed by atoms with Crippen LogP contribution in [-0.4, -0.2) is 42.5 Å². The first kappa shape index (κ1) is 12.1. The Morgan fingerprint density at radius 3 is 2.94 bits per heavy atom. The van der Waals surface area contributed by atoms with Gasteiger partial charge in [-0.2, -0.15) is 0 Å². The van der Waals surface area contributed by atoms with Gasteiger partial charge in [-0.25, -0.2) is 0 Å². The van der Waals surface area contributed by atoms with Crippen LogP contribution in [0, 0.1) is 5.92 Å². The fraction of sp³-hybridized carbons (Fsp3) is 0.923. The van der Waals surface area contributed by atoms with Crippen LogP contribution in [0.4, 0.5) is 0 Å². The predicted octanol–water partition coefficient (Wildman–Crippen LogP) is 1.85. The molecule has 0 aromatic carbocycles. The zero-order chi connectivity index (χ0) is 11.5. The summed E-state index contributed by atoms with van der Waals surface area (Å²) >= 11 is 0. The Kier molecular flexibility index (Phi) is 3.98. The zero-order valence-electron chi connectivity index (χ0n) is 10.4. The molecule has 3 unspecified atom stereocenters. The van der Waals surface area contributed by atoms with Crippen molar-refractivity contribution in [2.75, 3.05) is 19.7 Å². The Labute approximate surface area is 98.1 Å². The molecule has 3 heteroatoms. The molecule has 3 atom stereocenters. The van der Waals surface area contributed by atoms with Gasteiger partial charge in [0.05, 0.1) is 12.7 Å². The number of rotatable bonds is 2. The second-order valence-corrected chi connectivity index (χ2v) is 5.36. The third-order valence-corrected chi connectivity index (χ3v) is 3.87. The van der Waals surface area contributed by atoms with Crippen LogP contribution >= 0.6 is 0 Å². The van der Waals surface area contributed by atoms with Crippen molar-refractivity contribution in [1.82, 2.24) is 4.90 Å². The highest BCUT2D eigenvalue weighted by Crippen LogP contribution is 2.23. The number of carbonyl (C=O) groups excluding carboxylic acids is 1. The molecule has 0 aromatic heterocycles. The molecule has 1 saturated carbocycles. The van der Waals surface area contributed by atoms with Crippen molar-refractivity contribution < 1.29 is 9.53 Å². The molecule has 1 aliphatic heterocycles. The highest BCUT2D eigenvalue weighted by molar-refractivity contribution is 5.81. The summed E-state index contributed by atoms with van der Waals surface area (Å²) in [7, 11) is 0. The number of hydrogen-bond donors (Lipinski definition) is 0. The normalized spacial score (nSPS) is 37.6. The van der Waals surface area contributed by atoms with E-state index >= 15 is 0 Å². The maximum Gasteiger partial charge on any atom is 0.137 e. The van der Waals surface area contributed by atoms with Gasteiger partial charge in [-0.1, -0.05) is 6.42 Å². The van der Waals surface area contributed by atoms with E-state index in [1.807, 2.05) is 0 Å². The van der Waals surface area contributed by atoms with Gasteiger partial charge >= 0.3 is 0 Å². The molecule has 1 saturated heterocycles. The van der Waals surface area contributed by atoms with Gasteiger partial charge in [-0.15, -0.1) is 0 Å². The van der Waals surface area contributed by atoms with Gasteiger partial charge in [-0.3, -0.25) is 9.69 Å². The summed E-state index contributed by atoms with van der Waals surface area (Å²) in [6, 6.07) is 0.464. The van der Waals surface area contributed by atoms with E-state index in [1.54, 1.807) is 0 Å². The zero-order valence-corrected chi connectivity index (χ0v) is 10.4. The number of Topliss-reactive ketones (excluding diaryl/α,β-unsaturated/α-hetero) is 1. The lowest BCUT2D eigenvalue weighted by molar-refractivity contribution is -0.127. The molecule has 0 radical (unpaired) electrons. The number of nitrogens with zero attached hydrogens (tertiary/aromatic N) is 1. The van der Waals surface area contributed by atoms with Crippen LogP contribution in [0.2, 0.25) is 0 Å². The van der Waals surface area contributed by atoms with Crippen LogP contribution in [0.25, 0.3) is 0 Å². The Morgan fingerprint density at radius 2 is 2.19 bits per heavy atom. The van der Waals surface area contributed by atoms with E-state index in [1.165, 1.54) is 6.42 Å². The fourth-order valence-electron chi connectivity index (χ4n) is 2.76. The first-order chi connectivity index (χ1) is 7.66. The topological polar surface area (TPSA) is 29.5 Å². The van der Waals surface area contributed by atoms with Crippen molar-refractivity contribution in [3.8, 4) is 0 Å². The number of ketones is 1. The second-order valence-electron chi connectivity index (χ2n) is 5.36. The summed E-state index contributed by atoms with van der Waals surface area (Å²) in [4.78, 5) is 14.2. The van der Waals surface area contributed by atoms with E-state index < -0.39 is 0 Å². The number of carbonyl (C=O) groups is 1. The Bertz CT molecular complexity index is 254. The van der Waals surface area contributed by atoms with E-state index in [0.29, 0.717) is 23.8 Å². The number of morpholine rings is 1. The van der Waals surface area contributed by atoms with Crippen LogP contribution in [0.1, 0.15) is 39.5 Å². The van der Waals surface area contributed by atoms with Crippen molar-refractivity contribution in [2.24, 2.45) is 5.92 Å². The van der Waals surface area contributed by atoms with Gasteiger partial charge in [-0.05, 0) is 26.7 Å². The van der Waals surface area contributed by atoms with Gasteiger partial charge in [0.2, 0.25) is 0 Å². The largest absolute Gasteiger partial charge is 0.376 e. The summed E-state index contributed by atoms with van der Waals surface area (Å²) in [6.45, 7) is 7.04. The summed E-state index contributed by atoms with van der Waals surface area (Å²) in [5, 5.41) is 0. The van der Waals surface area contributed by atoms with Gasteiger partial charge < -0.3 is 4.74 Å². The average molecular weight is 225 g/mol. The van der Waals surface area contributed by atoms with Crippen LogP contribution in [0.3, 0.4) is 0 Å². The molecule has 0 N–H and O–H groups in total. The quantitative estimate of drug-likeness (QED) is 0.718. The lowest BCUT2D eigenvalue weighted by Gasteiger charge is -2.39. The van der Waals surface area contributed by atoms with Crippen molar-refractivity contribution in [3.05, 3.63) is 0 Å². The lowest BCUT2D eigenvalue weighted by Crippen LogP contribution is -2.50. The summed E-state index contributed by atoms with van der Waals surface area (Å²) in [5.74, 6) is 0.777. The van der Waals surface area contributed by atoms with Gasteiger partial charge in [0.1, 0.15) is 5.78 Å². The summed E-state index contributed by atoms with van der Waals surface area (Å²) < 4.78 is 5.61. The van der Waals surface area contributed by atoms with E-state index in [-0.39, 0.29) is 0 Å². The molecule has 92 valence electrons. The van der Waals surface area contributed by atoms with E-state index in [9.17, 15) is 4.79 Å². The molecule has 2 fully saturated rings. The monoisotopic (exact) mass is 225 g/mol. The van der Waals surface area contributed by atoms with Gasteiger partial charge in [0.15, 0.2) is 0 Å². The lowest BCUT2D eigenvalue weighted by atomic mass is 9.87. The van der Waals surface area contributed by atoms with Crippen molar-refractivity contribution in [2.45, 2.75) is 51.7 Å². The summed E-state index contributed by atoms with van der Waals surface area (Å²) in [6.07, 6.45) is 4.54. The number of hydrogen-bond acceptors (Lipinski definition) is 3.